The number of benzene rings is 1. The van der Waals surface area contributed by atoms with Gasteiger partial charge in [0.25, 0.3) is 0 Å². The van der Waals surface area contributed by atoms with E-state index in [9.17, 15) is 29.7 Å². The van der Waals surface area contributed by atoms with Gasteiger partial charge in [-0.25, -0.2) is 5.43 Å². The molecule has 0 bridgehead atoms. The first-order valence-electron chi connectivity index (χ1n) is 11.6. The zero-order chi connectivity index (χ0) is 25.6. The minimum Gasteiger partial charge on any atom is -0.394 e. The lowest BCUT2D eigenvalue weighted by molar-refractivity contribution is -0.300. The summed E-state index contributed by atoms with van der Waals surface area (Å²) in [7, 11) is 0. The van der Waals surface area contributed by atoms with Crippen molar-refractivity contribution in [2.24, 2.45) is 0 Å². The molecule has 2 amide bonds. The molecule has 0 aliphatic carbocycles. The van der Waals surface area contributed by atoms with Gasteiger partial charge >= 0.3 is 0 Å². The highest BCUT2D eigenvalue weighted by atomic mass is 16.7. The third-order valence-corrected chi connectivity index (χ3v) is 5.47. The molecule has 7 N–H and O–H groups in total. The van der Waals surface area contributed by atoms with Crippen molar-refractivity contribution in [3.63, 3.8) is 0 Å². The van der Waals surface area contributed by atoms with Crippen molar-refractivity contribution < 1.29 is 44.3 Å². The van der Waals surface area contributed by atoms with E-state index in [1.807, 2.05) is 30.3 Å². The molecule has 1 aliphatic heterocycles. The second-order valence-electron chi connectivity index (χ2n) is 8.25. The van der Waals surface area contributed by atoms with Gasteiger partial charge < -0.3 is 40.0 Å². The fourth-order valence-corrected chi connectivity index (χ4v) is 3.47. The number of hydrogen-bond donors (Lipinski definition) is 7. The predicted octanol–water partition coefficient (Wildman–Crippen LogP) is -2.09. The fraction of sp³-hybridized carbons (Fsp3) is 0.609. The maximum atomic E-state index is 11.9. The molecule has 1 saturated heterocycles. The summed E-state index contributed by atoms with van der Waals surface area (Å²) in [6.07, 6.45) is -4.26. The van der Waals surface area contributed by atoms with Gasteiger partial charge in [0.1, 0.15) is 30.7 Å². The van der Waals surface area contributed by atoms with Crippen molar-refractivity contribution in [2.75, 3.05) is 19.8 Å². The molecule has 35 heavy (non-hydrogen) atoms. The molecule has 12 nitrogen and oxygen atoms in total. The van der Waals surface area contributed by atoms with Gasteiger partial charge in [0.15, 0.2) is 6.29 Å². The van der Waals surface area contributed by atoms with Gasteiger partial charge in [-0.3, -0.25) is 15.0 Å². The highest BCUT2D eigenvalue weighted by Crippen LogP contribution is 2.21. The quantitative estimate of drug-likeness (QED) is 0.0804. The Bertz CT molecular complexity index is 781. The number of aliphatic hydroxyl groups is 4. The maximum absolute atomic E-state index is 11.9. The normalized spacial score (nSPS) is 25.0. The number of ether oxygens (including phenoxy) is 2. The molecular weight excluding hydrogens is 462 g/mol. The molecule has 1 heterocycles. The summed E-state index contributed by atoms with van der Waals surface area (Å²) in [5.74, 6) is -0.525. The molecule has 196 valence electrons. The Morgan fingerprint density at radius 1 is 1.03 bits per heavy atom. The Kier molecular flexibility index (Phi) is 12.8. The lowest BCUT2D eigenvalue weighted by atomic mass is 9.99. The Labute approximate surface area is 203 Å². The first-order valence-corrected chi connectivity index (χ1v) is 11.6. The Balaban J connectivity index is 1.53. The zero-order valence-corrected chi connectivity index (χ0v) is 19.4. The molecule has 2 rings (SSSR count). The van der Waals surface area contributed by atoms with E-state index in [4.69, 9.17) is 14.6 Å². The average Bonchev–Trinajstić information content (AvgIpc) is 2.87. The van der Waals surface area contributed by atoms with Crippen LogP contribution in [0.1, 0.15) is 31.2 Å². The number of nitrogens with one attached hydrogen (secondary N) is 3. The first kappa shape index (κ1) is 28.8. The van der Waals surface area contributed by atoms with Crippen molar-refractivity contribution in [1.82, 2.24) is 16.2 Å². The highest BCUT2D eigenvalue weighted by Gasteiger charge is 2.43. The van der Waals surface area contributed by atoms with Crippen LogP contribution in [-0.4, -0.2) is 95.0 Å². The predicted molar refractivity (Wildman–Crippen MR) is 122 cm³/mol. The number of hydrazine groups is 1. The van der Waals surface area contributed by atoms with E-state index in [1.165, 1.54) is 0 Å². The number of carbonyl (C=O) groups excluding carboxylic acids is 3. The maximum Gasteiger partial charge on any atom is 0.234 e. The molecule has 0 saturated carbocycles. The number of carbonyl (C=O) groups is 3. The number of hydrogen-bond acceptors (Lipinski definition) is 10. The van der Waals surface area contributed by atoms with Crippen molar-refractivity contribution in [3.05, 3.63) is 35.9 Å². The third kappa shape index (κ3) is 9.98. The van der Waals surface area contributed by atoms with E-state index < -0.39 is 43.4 Å². The first-order chi connectivity index (χ1) is 16.8. The molecule has 0 aromatic heterocycles. The van der Waals surface area contributed by atoms with E-state index >= 15 is 0 Å². The van der Waals surface area contributed by atoms with Crippen molar-refractivity contribution in [3.8, 4) is 0 Å². The van der Waals surface area contributed by atoms with Crippen LogP contribution in [0.25, 0.3) is 0 Å². The summed E-state index contributed by atoms with van der Waals surface area (Å²) >= 11 is 0. The number of aldehydes is 1. The van der Waals surface area contributed by atoms with Crippen LogP contribution >= 0.6 is 0 Å². The summed E-state index contributed by atoms with van der Waals surface area (Å²) < 4.78 is 10.5. The average molecular weight is 498 g/mol. The summed E-state index contributed by atoms with van der Waals surface area (Å²) in [6, 6.07) is 8.88. The number of aliphatic hydroxyl groups excluding tert-OH is 4. The molecule has 1 aliphatic rings. The third-order valence-electron chi connectivity index (χ3n) is 5.47. The van der Waals surface area contributed by atoms with E-state index in [-0.39, 0.29) is 37.8 Å². The van der Waals surface area contributed by atoms with E-state index in [1.54, 1.807) is 0 Å². The van der Waals surface area contributed by atoms with Gasteiger partial charge in [0.2, 0.25) is 11.8 Å². The number of rotatable bonds is 15. The SMILES string of the molecule is O=C[C@H](Cc1ccccc1)NNC(=O)CCCCC(=O)NCCO[C@H]1O[C@H](CO)[C@@H](O)[C@H](O)[C@@H]1O. The van der Waals surface area contributed by atoms with Crippen LogP contribution in [-0.2, 0) is 30.3 Å². The molecule has 1 aromatic carbocycles. The van der Waals surface area contributed by atoms with Crippen molar-refractivity contribution in [1.29, 1.82) is 0 Å². The Hall–Kier alpha value is -2.45. The van der Waals surface area contributed by atoms with Gasteiger partial charge in [-0.2, -0.15) is 0 Å². The van der Waals surface area contributed by atoms with Gasteiger partial charge in [-0.05, 0) is 24.8 Å². The van der Waals surface area contributed by atoms with Crippen LogP contribution < -0.4 is 16.2 Å². The number of unbranched alkanes of at least 4 members (excludes halogenated alkanes) is 1. The van der Waals surface area contributed by atoms with E-state index in [0.29, 0.717) is 19.3 Å². The molecule has 6 atom stereocenters. The monoisotopic (exact) mass is 497 g/mol. The topological polar surface area (TPSA) is 187 Å². The summed E-state index contributed by atoms with van der Waals surface area (Å²) in [5, 5.41) is 41.1. The Morgan fingerprint density at radius 2 is 1.71 bits per heavy atom. The second-order valence-corrected chi connectivity index (χ2v) is 8.25. The minimum atomic E-state index is -1.53. The molecule has 0 radical (unpaired) electrons. The van der Waals surface area contributed by atoms with Crippen LogP contribution in [0.2, 0.25) is 0 Å². The smallest absolute Gasteiger partial charge is 0.234 e. The fourth-order valence-electron chi connectivity index (χ4n) is 3.47. The minimum absolute atomic E-state index is 0.0244. The second kappa shape index (κ2) is 15.5. The number of amides is 2. The molecule has 1 fully saturated rings. The molecule has 0 unspecified atom stereocenters. The summed E-state index contributed by atoms with van der Waals surface area (Å²) in [6.45, 7) is -0.461. The van der Waals surface area contributed by atoms with Gasteiger partial charge in [-0.1, -0.05) is 30.3 Å². The highest BCUT2D eigenvalue weighted by molar-refractivity contribution is 5.77. The lowest BCUT2D eigenvalue weighted by Crippen LogP contribution is -2.59. The molecule has 1 aromatic rings. The molecular formula is C23H35N3O9. The van der Waals surface area contributed by atoms with Gasteiger partial charge in [-0.15, -0.1) is 0 Å². The van der Waals surface area contributed by atoms with Crippen LogP contribution in [0.5, 0.6) is 0 Å². The Morgan fingerprint density at radius 3 is 2.37 bits per heavy atom. The summed E-state index contributed by atoms with van der Waals surface area (Å²) in [5.41, 5.74) is 6.19. The van der Waals surface area contributed by atoms with Gasteiger partial charge in [0.05, 0.1) is 19.3 Å². The molecule has 0 spiro atoms. The van der Waals surface area contributed by atoms with Crippen LogP contribution in [0.4, 0.5) is 0 Å². The van der Waals surface area contributed by atoms with Crippen LogP contribution in [0.15, 0.2) is 30.3 Å². The largest absolute Gasteiger partial charge is 0.394 e. The van der Waals surface area contributed by atoms with Gasteiger partial charge in [0, 0.05) is 19.4 Å². The van der Waals surface area contributed by atoms with Crippen LogP contribution in [0, 0.1) is 0 Å². The van der Waals surface area contributed by atoms with Crippen molar-refractivity contribution >= 4 is 18.1 Å². The standard InChI is InChI=1S/C23H35N3O9/c27-13-16(12-15-6-2-1-3-7-15)25-26-19(30)9-5-4-8-18(29)24-10-11-34-23-22(33)21(32)20(31)17(14-28)35-23/h1-3,6-7,13,16-17,20-23,25,28,31-33H,4-5,8-12,14H2,(H,24,29)(H,26,30)/t16-,17+,20+,21-,22-,23-/m0/s1. The zero-order valence-electron chi connectivity index (χ0n) is 19.4. The molecule has 12 heteroatoms. The van der Waals surface area contributed by atoms with Crippen LogP contribution in [0.3, 0.4) is 0 Å². The van der Waals surface area contributed by atoms with E-state index in [2.05, 4.69) is 16.2 Å². The lowest BCUT2D eigenvalue weighted by Gasteiger charge is -2.39. The van der Waals surface area contributed by atoms with E-state index in [0.717, 1.165) is 11.8 Å². The van der Waals surface area contributed by atoms with Crippen molar-refractivity contribution in [2.45, 2.75) is 68.9 Å². The summed E-state index contributed by atoms with van der Waals surface area (Å²) in [4.78, 5) is 35.1.